The molecule has 1 aromatic heterocycles. The molecule has 1 amide bonds. The number of thioether (sulfide) groups is 1. The van der Waals surface area contributed by atoms with Gasteiger partial charge in [0, 0.05) is 11.4 Å². The first-order valence-electron chi connectivity index (χ1n) is 8.64. The van der Waals surface area contributed by atoms with Crippen LogP contribution in [-0.4, -0.2) is 16.1 Å². The maximum Gasteiger partial charge on any atom is 0.282 e. The summed E-state index contributed by atoms with van der Waals surface area (Å²) in [5.41, 5.74) is 0.825. The fraction of sp³-hybridized carbons (Fsp3) is 0.0952. The van der Waals surface area contributed by atoms with E-state index >= 15 is 0 Å². The summed E-state index contributed by atoms with van der Waals surface area (Å²) >= 11 is 2.95. The Labute approximate surface area is 169 Å². The maximum atomic E-state index is 12.9. The molecule has 4 nitrogen and oxygen atoms in total. The highest BCUT2D eigenvalue weighted by molar-refractivity contribution is 7.98. The SMILES string of the molecule is O=C(NCc1ccc(F)cc1)c1nnc(CSc2ccc3ccccc3c2)s1. The molecule has 4 rings (SSSR count). The lowest BCUT2D eigenvalue weighted by Crippen LogP contribution is -2.22. The van der Waals surface area contributed by atoms with E-state index in [0.717, 1.165) is 15.5 Å². The Morgan fingerprint density at radius 1 is 1.00 bits per heavy atom. The van der Waals surface area contributed by atoms with Crippen molar-refractivity contribution in [3.05, 3.63) is 88.1 Å². The van der Waals surface area contributed by atoms with Crippen molar-refractivity contribution in [2.24, 2.45) is 0 Å². The molecule has 140 valence electrons. The summed E-state index contributed by atoms with van der Waals surface area (Å²) in [7, 11) is 0. The molecule has 0 aliphatic heterocycles. The van der Waals surface area contributed by atoms with Gasteiger partial charge in [0.1, 0.15) is 10.8 Å². The van der Waals surface area contributed by atoms with E-state index < -0.39 is 0 Å². The number of rotatable bonds is 6. The molecule has 0 saturated heterocycles. The number of nitrogens with one attached hydrogen (secondary N) is 1. The molecule has 28 heavy (non-hydrogen) atoms. The smallest absolute Gasteiger partial charge is 0.282 e. The van der Waals surface area contributed by atoms with Crippen molar-refractivity contribution in [1.29, 1.82) is 0 Å². The van der Waals surface area contributed by atoms with Crippen LogP contribution in [0.4, 0.5) is 4.39 Å². The zero-order valence-electron chi connectivity index (χ0n) is 14.8. The summed E-state index contributed by atoms with van der Waals surface area (Å²) in [4.78, 5) is 13.4. The monoisotopic (exact) mass is 409 g/mol. The van der Waals surface area contributed by atoms with Crippen LogP contribution < -0.4 is 5.32 Å². The molecule has 0 saturated carbocycles. The van der Waals surface area contributed by atoms with Gasteiger partial charge in [0.05, 0.1) is 5.75 Å². The lowest BCUT2D eigenvalue weighted by molar-refractivity contribution is 0.0950. The summed E-state index contributed by atoms with van der Waals surface area (Å²) in [6, 6.07) is 20.6. The molecular weight excluding hydrogens is 393 g/mol. The lowest BCUT2D eigenvalue weighted by Gasteiger charge is -2.03. The second-order valence-corrected chi connectivity index (χ2v) is 8.22. The van der Waals surface area contributed by atoms with Crippen molar-refractivity contribution >= 4 is 39.8 Å². The molecule has 4 aromatic rings. The normalized spacial score (nSPS) is 10.9. The number of aromatic nitrogens is 2. The van der Waals surface area contributed by atoms with Gasteiger partial charge >= 0.3 is 0 Å². The number of fused-ring (bicyclic) bond motifs is 1. The van der Waals surface area contributed by atoms with E-state index in [-0.39, 0.29) is 11.7 Å². The number of carbonyl (C=O) groups is 1. The highest BCUT2D eigenvalue weighted by atomic mass is 32.2. The fourth-order valence-corrected chi connectivity index (χ4v) is 4.35. The zero-order chi connectivity index (χ0) is 19.3. The quantitative estimate of drug-likeness (QED) is 0.453. The molecular formula is C21H16FN3OS2. The van der Waals surface area contributed by atoms with Crippen LogP contribution in [0.5, 0.6) is 0 Å². The standard InChI is InChI=1S/C21H16FN3OS2/c22-17-8-5-14(6-9-17)12-23-20(26)21-25-24-19(28-21)13-27-18-10-7-15-3-1-2-4-16(15)11-18/h1-11H,12-13H2,(H,23,26). The third-order valence-electron chi connectivity index (χ3n) is 4.11. The molecule has 0 unspecified atom stereocenters. The number of halogens is 1. The Morgan fingerprint density at radius 3 is 2.61 bits per heavy atom. The predicted molar refractivity (Wildman–Crippen MR) is 111 cm³/mol. The summed E-state index contributed by atoms with van der Waals surface area (Å²) < 4.78 is 12.9. The van der Waals surface area contributed by atoms with Crippen LogP contribution in [0.3, 0.4) is 0 Å². The van der Waals surface area contributed by atoms with Gasteiger partial charge in [-0.25, -0.2) is 4.39 Å². The highest BCUT2D eigenvalue weighted by Crippen LogP contribution is 2.27. The zero-order valence-corrected chi connectivity index (χ0v) is 16.4. The van der Waals surface area contributed by atoms with Crippen molar-refractivity contribution in [2.75, 3.05) is 0 Å². The highest BCUT2D eigenvalue weighted by Gasteiger charge is 2.13. The van der Waals surface area contributed by atoms with Crippen LogP contribution in [0.25, 0.3) is 10.8 Å². The molecule has 0 aliphatic rings. The molecule has 7 heteroatoms. The third-order valence-corrected chi connectivity index (χ3v) is 6.22. The van der Waals surface area contributed by atoms with E-state index in [2.05, 4.69) is 45.8 Å². The molecule has 0 bridgehead atoms. The van der Waals surface area contributed by atoms with E-state index in [9.17, 15) is 9.18 Å². The largest absolute Gasteiger partial charge is 0.346 e. The Morgan fingerprint density at radius 2 is 1.79 bits per heavy atom. The van der Waals surface area contributed by atoms with Gasteiger partial charge in [-0.3, -0.25) is 4.79 Å². The van der Waals surface area contributed by atoms with Gasteiger partial charge in [0.25, 0.3) is 5.91 Å². The van der Waals surface area contributed by atoms with Crippen molar-refractivity contribution in [2.45, 2.75) is 17.2 Å². The predicted octanol–water partition coefficient (Wildman–Crippen LogP) is 5.05. The minimum Gasteiger partial charge on any atom is -0.346 e. The minimum absolute atomic E-state index is 0.274. The molecule has 0 atom stereocenters. The van der Waals surface area contributed by atoms with Crippen LogP contribution in [0.2, 0.25) is 0 Å². The summed E-state index contributed by atoms with van der Waals surface area (Å²) in [6.07, 6.45) is 0. The van der Waals surface area contributed by atoms with Crippen LogP contribution in [0.1, 0.15) is 20.4 Å². The molecule has 1 heterocycles. The van der Waals surface area contributed by atoms with E-state index in [0.29, 0.717) is 17.3 Å². The van der Waals surface area contributed by atoms with E-state index in [1.807, 2.05) is 12.1 Å². The molecule has 0 spiro atoms. The Balaban J connectivity index is 1.34. The number of hydrogen-bond acceptors (Lipinski definition) is 5. The number of nitrogens with zero attached hydrogens (tertiary/aromatic N) is 2. The average Bonchev–Trinajstić information content (AvgIpc) is 3.21. The van der Waals surface area contributed by atoms with Crippen molar-refractivity contribution < 1.29 is 9.18 Å². The second kappa shape index (κ2) is 8.50. The van der Waals surface area contributed by atoms with Crippen LogP contribution >= 0.6 is 23.1 Å². The fourth-order valence-electron chi connectivity index (χ4n) is 2.67. The van der Waals surface area contributed by atoms with E-state index in [4.69, 9.17) is 0 Å². The first-order valence-corrected chi connectivity index (χ1v) is 10.4. The van der Waals surface area contributed by atoms with Crippen molar-refractivity contribution in [3.63, 3.8) is 0 Å². The summed E-state index contributed by atoms with van der Waals surface area (Å²) in [5.74, 6) is 0.0814. The lowest BCUT2D eigenvalue weighted by atomic mass is 10.1. The summed E-state index contributed by atoms with van der Waals surface area (Å²) in [5, 5.41) is 14.4. The number of carbonyl (C=O) groups excluding carboxylic acids is 1. The first kappa shape index (κ1) is 18.6. The van der Waals surface area contributed by atoms with Gasteiger partial charge in [-0.2, -0.15) is 0 Å². The Kier molecular flexibility index (Phi) is 5.64. The summed E-state index contributed by atoms with van der Waals surface area (Å²) in [6.45, 7) is 0.319. The molecule has 0 fully saturated rings. The van der Waals surface area contributed by atoms with Crippen LogP contribution in [-0.2, 0) is 12.3 Å². The molecule has 1 N–H and O–H groups in total. The molecule has 3 aromatic carbocycles. The number of benzene rings is 3. The van der Waals surface area contributed by atoms with E-state index in [1.54, 1.807) is 23.9 Å². The topological polar surface area (TPSA) is 54.9 Å². The maximum absolute atomic E-state index is 12.9. The first-order chi connectivity index (χ1) is 13.7. The van der Waals surface area contributed by atoms with Gasteiger partial charge in [-0.15, -0.1) is 22.0 Å². The number of amides is 1. The minimum atomic E-state index is -0.298. The van der Waals surface area contributed by atoms with Gasteiger partial charge < -0.3 is 5.32 Å². The average molecular weight is 410 g/mol. The Bertz CT molecular complexity index is 1110. The number of hydrogen-bond donors (Lipinski definition) is 1. The van der Waals surface area contributed by atoms with Gasteiger partial charge in [-0.05, 0) is 40.6 Å². The van der Waals surface area contributed by atoms with E-state index in [1.165, 1.54) is 34.2 Å². The van der Waals surface area contributed by atoms with Crippen LogP contribution in [0, 0.1) is 5.82 Å². The van der Waals surface area contributed by atoms with Crippen LogP contribution in [0.15, 0.2) is 71.6 Å². The second-order valence-electron chi connectivity index (χ2n) is 6.11. The molecule has 0 aliphatic carbocycles. The van der Waals surface area contributed by atoms with Crippen molar-refractivity contribution in [3.8, 4) is 0 Å². The van der Waals surface area contributed by atoms with Crippen molar-refractivity contribution in [1.82, 2.24) is 15.5 Å². The Hall–Kier alpha value is -2.77. The molecule has 0 radical (unpaired) electrons. The van der Waals surface area contributed by atoms with Gasteiger partial charge in [-0.1, -0.05) is 53.8 Å². The van der Waals surface area contributed by atoms with Gasteiger partial charge in [0.2, 0.25) is 5.01 Å². The third kappa shape index (κ3) is 4.55. The van der Waals surface area contributed by atoms with Gasteiger partial charge in [0.15, 0.2) is 0 Å².